The van der Waals surface area contributed by atoms with Crippen LogP contribution in [0, 0.1) is 18.3 Å². The number of benzene rings is 1. The fraction of sp³-hybridized carbons (Fsp3) is 0.167. The zero-order chi connectivity index (χ0) is 14.2. The zero-order valence-corrected chi connectivity index (χ0v) is 12.4. The van der Waals surface area contributed by atoms with Crippen LogP contribution in [0.2, 0.25) is 10.0 Å². The molecule has 0 saturated carbocycles. The first-order chi connectivity index (χ1) is 8.93. The highest BCUT2D eigenvalue weighted by Gasteiger charge is 2.16. The van der Waals surface area contributed by atoms with Gasteiger partial charge in [0.15, 0.2) is 0 Å². The molecule has 0 amide bonds. The molecule has 19 heavy (non-hydrogen) atoms. The maximum atomic E-state index is 9.61. The predicted octanol–water partition coefficient (Wildman–Crippen LogP) is 3.76. The molecule has 0 aliphatic rings. The van der Waals surface area contributed by atoms with E-state index in [1.165, 1.54) is 23.9 Å². The lowest BCUT2D eigenvalue weighted by atomic mass is 10.3. The first kappa shape index (κ1) is 14.1. The molecule has 0 bridgehead atoms. The van der Waals surface area contributed by atoms with Crippen LogP contribution in [0.15, 0.2) is 22.1 Å². The molecule has 0 radical (unpaired) electrons. The molecule has 2 rings (SSSR count). The molecule has 1 aromatic heterocycles. The van der Waals surface area contributed by atoms with Crippen LogP contribution in [-0.4, -0.2) is 14.9 Å². The molecule has 1 N–H and O–H groups in total. The fourth-order valence-corrected chi connectivity index (χ4v) is 3.09. The van der Waals surface area contributed by atoms with Crippen LogP contribution in [0.1, 0.15) is 11.3 Å². The summed E-state index contributed by atoms with van der Waals surface area (Å²) in [4.78, 5) is 0.614. The van der Waals surface area contributed by atoms with Crippen molar-refractivity contribution in [3.05, 3.63) is 33.4 Å². The van der Waals surface area contributed by atoms with Crippen molar-refractivity contribution < 1.29 is 5.11 Å². The molecule has 1 heterocycles. The molecule has 0 aliphatic carbocycles. The van der Waals surface area contributed by atoms with Gasteiger partial charge in [-0.2, -0.15) is 10.4 Å². The van der Waals surface area contributed by atoms with Crippen molar-refractivity contribution in [2.45, 2.75) is 16.8 Å². The Morgan fingerprint density at radius 3 is 2.68 bits per heavy atom. The highest BCUT2D eigenvalue weighted by Crippen LogP contribution is 2.40. The van der Waals surface area contributed by atoms with E-state index in [-0.39, 0.29) is 10.8 Å². The summed E-state index contributed by atoms with van der Waals surface area (Å²) >= 11 is 13.1. The number of nitriles is 1. The van der Waals surface area contributed by atoms with Gasteiger partial charge in [0.2, 0.25) is 0 Å². The minimum Gasteiger partial charge on any atom is -0.506 e. The van der Waals surface area contributed by atoms with Crippen LogP contribution >= 0.6 is 35.0 Å². The zero-order valence-electron chi connectivity index (χ0n) is 10.1. The van der Waals surface area contributed by atoms with E-state index in [1.807, 2.05) is 0 Å². The monoisotopic (exact) mass is 313 g/mol. The van der Waals surface area contributed by atoms with Crippen LogP contribution in [-0.2, 0) is 7.05 Å². The third-order valence-corrected chi connectivity index (χ3v) is 4.44. The number of aromatic hydroxyl groups is 1. The second kappa shape index (κ2) is 5.33. The maximum Gasteiger partial charge on any atom is 0.135 e. The number of halogens is 2. The van der Waals surface area contributed by atoms with Crippen molar-refractivity contribution in [3.8, 4) is 11.8 Å². The van der Waals surface area contributed by atoms with Gasteiger partial charge in [0, 0.05) is 11.9 Å². The maximum absolute atomic E-state index is 9.61. The summed E-state index contributed by atoms with van der Waals surface area (Å²) in [6.07, 6.45) is 0. The van der Waals surface area contributed by atoms with Crippen LogP contribution in [0.4, 0.5) is 0 Å². The first-order valence-corrected chi connectivity index (χ1v) is 6.80. The molecule has 0 aliphatic heterocycles. The van der Waals surface area contributed by atoms with Gasteiger partial charge < -0.3 is 5.11 Å². The Morgan fingerprint density at radius 2 is 2.05 bits per heavy atom. The minimum absolute atomic E-state index is 0.0500. The number of phenols is 1. The molecule has 4 nitrogen and oxygen atoms in total. The summed E-state index contributed by atoms with van der Waals surface area (Å²) in [5.41, 5.74) is 1.15. The number of rotatable bonds is 2. The molecule has 0 atom stereocenters. The topological polar surface area (TPSA) is 61.8 Å². The van der Waals surface area contributed by atoms with E-state index in [0.717, 1.165) is 0 Å². The second-order valence-corrected chi connectivity index (χ2v) is 5.68. The van der Waals surface area contributed by atoms with E-state index in [2.05, 4.69) is 11.2 Å². The highest BCUT2D eigenvalue weighted by molar-refractivity contribution is 7.99. The number of phenolic OH excluding ortho intramolecular Hbond substituents is 1. The van der Waals surface area contributed by atoms with Crippen LogP contribution < -0.4 is 0 Å². The summed E-state index contributed by atoms with van der Waals surface area (Å²) in [5.74, 6) is -0.0500. The van der Waals surface area contributed by atoms with E-state index in [4.69, 9.17) is 28.5 Å². The van der Waals surface area contributed by atoms with Gasteiger partial charge in [-0.3, -0.25) is 4.68 Å². The summed E-state index contributed by atoms with van der Waals surface area (Å²) in [7, 11) is 1.75. The number of hydrogen-bond donors (Lipinski definition) is 1. The van der Waals surface area contributed by atoms with Gasteiger partial charge in [-0.1, -0.05) is 35.0 Å². The molecular weight excluding hydrogens is 305 g/mol. The predicted molar refractivity (Wildman–Crippen MR) is 74.9 cm³/mol. The quantitative estimate of drug-likeness (QED) is 0.916. The molecule has 0 saturated heterocycles. The number of aryl methyl sites for hydroxylation is 2. The van der Waals surface area contributed by atoms with Gasteiger partial charge in [-0.25, -0.2) is 0 Å². The van der Waals surface area contributed by atoms with Crippen molar-refractivity contribution in [2.24, 2.45) is 7.05 Å². The number of aromatic nitrogens is 2. The van der Waals surface area contributed by atoms with E-state index >= 15 is 0 Å². The van der Waals surface area contributed by atoms with Gasteiger partial charge in [-0.15, -0.1) is 0 Å². The average molecular weight is 314 g/mol. The second-order valence-electron chi connectivity index (χ2n) is 3.84. The molecule has 7 heteroatoms. The molecule has 1 aromatic carbocycles. The Morgan fingerprint density at radius 1 is 1.37 bits per heavy atom. The Hall–Kier alpha value is -1.35. The Kier molecular flexibility index (Phi) is 3.95. The van der Waals surface area contributed by atoms with Gasteiger partial charge in [0.25, 0.3) is 0 Å². The summed E-state index contributed by atoms with van der Waals surface area (Å²) in [5, 5.41) is 24.2. The van der Waals surface area contributed by atoms with Crippen molar-refractivity contribution >= 4 is 35.0 Å². The largest absolute Gasteiger partial charge is 0.506 e. The van der Waals surface area contributed by atoms with Crippen LogP contribution in [0.3, 0.4) is 0 Å². The highest BCUT2D eigenvalue weighted by atomic mass is 35.5. The first-order valence-electron chi connectivity index (χ1n) is 5.23. The van der Waals surface area contributed by atoms with Crippen LogP contribution in [0.5, 0.6) is 5.75 Å². The van der Waals surface area contributed by atoms with Gasteiger partial charge in [-0.05, 0) is 19.1 Å². The average Bonchev–Trinajstić information content (AvgIpc) is 2.60. The van der Waals surface area contributed by atoms with Crippen molar-refractivity contribution in [1.82, 2.24) is 9.78 Å². The molecule has 0 fully saturated rings. The number of hydrogen-bond acceptors (Lipinski definition) is 4. The Balaban J connectivity index is 2.48. The summed E-state index contributed by atoms with van der Waals surface area (Å²) in [6, 6.07) is 5.05. The van der Waals surface area contributed by atoms with E-state index < -0.39 is 0 Å². The van der Waals surface area contributed by atoms with Gasteiger partial charge in [0.05, 0.1) is 15.7 Å². The van der Waals surface area contributed by atoms with Crippen molar-refractivity contribution in [2.75, 3.05) is 0 Å². The molecular formula is C12H9Cl2N3OS. The lowest BCUT2D eigenvalue weighted by Crippen LogP contribution is -1.93. The molecule has 2 aromatic rings. The molecule has 0 unspecified atom stereocenters. The van der Waals surface area contributed by atoms with E-state index in [1.54, 1.807) is 18.7 Å². The lowest BCUT2D eigenvalue weighted by molar-refractivity contribution is 0.474. The smallest absolute Gasteiger partial charge is 0.135 e. The number of nitrogens with zero attached hydrogens (tertiary/aromatic N) is 3. The SMILES string of the molecule is Cc1nn(C)c(Sc2cc(O)c(Cl)cc2Cl)c1C#N. The van der Waals surface area contributed by atoms with E-state index in [9.17, 15) is 5.11 Å². The normalized spacial score (nSPS) is 10.5. The Bertz CT molecular complexity index is 691. The standard InChI is InChI=1S/C12H9Cl2N3OS/c1-6-7(5-15)12(17(2)16-6)19-11-4-10(18)8(13)3-9(11)14/h3-4,18H,1-2H3. The fourth-order valence-electron chi connectivity index (χ4n) is 1.58. The van der Waals surface area contributed by atoms with Gasteiger partial charge >= 0.3 is 0 Å². The summed E-state index contributed by atoms with van der Waals surface area (Å²) < 4.78 is 1.61. The third kappa shape index (κ3) is 2.66. The Labute approximate surface area is 124 Å². The third-order valence-electron chi connectivity index (χ3n) is 2.49. The van der Waals surface area contributed by atoms with Crippen LogP contribution in [0.25, 0.3) is 0 Å². The van der Waals surface area contributed by atoms with Crippen molar-refractivity contribution in [1.29, 1.82) is 5.26 Å². The summed E-state index contributed by atoms with van der Waals surface area (Å²) in [6.45, 7) is 1.77. The molecule has 0 spiro atoms. The van der Waals surface area contributed by atoms with E-state index in [0.29, 0.717) is 26.2 Å². The minimum atomic E-state index is -0.0500. The molecule has 98 valence electrons. The lowest BCUT2D eigenvalue weighted by Gasteiger charge is -2.06. The van der Waals surface area contributed by atoms with Gasteiger partial charge in [0.1, 0.15) is 22.4 Å². The van der Waals surface area contributed by atoms with Crippen molar-refractivity contribution in [3.63, 3.8) is 0 Å².